The van der Waals surface area contributed by atoms with Crippen LogP contribution in [0.5, 0.6) is 0 Å². The Morgan fingerprint density at radius 3 is 2.79 bits per heavy atom. The maximum atomic E-state index is 5.50. The average Bonchev–Trinajstić information content (AvgIpc) is 2.48. The quantitative estimate of drug-likeness (QED) is 0.735. The van der Waals surface area contributed by atoms with Gasteiger partial charge >= 0.3 is 0 Å². The zero-order chi connectivity index (χ0) is 13.3. The molecular weight excluding hydrogens is 232 g/mol. The van der Waals surface area contributed by atoms with Crippen LogP contribution in [0, 0.1) is 0 Å². The SMILES string of the molecule is NCCCCNCc1ccccc1C1=CCCC=C1. The summed E-state index contributed by atoms with van der Waals surface area (Å²) in [6, 6.07) is 8.68. The van der Waals surface area contributed by atoms with Crippen molar-refractivity contribution in [3.8, 4) is 0 Å². The maximum Gasteiger partial charge on any atom is 0.0211 e. The normalized spacial score (nSPS) is 14.5. The molecule has 0 radical (unpaired) electrons. The minimum absolute atomic E-state index is 0.788. The van der Waals surface area contributed by atoms with Crippen molar-refractivity contribution >= 4 is 5.57 Å². The number of nitrogens with two attached hydrogens (primary N) is 1. The van der Waals surface area contributed by atoms with Crippen LogP contribution in [0.25, 0.3) is 5.57 Å². The molecule has 1 aromatic rings. The molecule has 102 valence electrons. The van der Waals surface area contributed by atoms with E-state index >= 15 is 0 Å². The van der Waals surface area contributed by atoms with E-state index < -0.39 is 0 Å². The second-order valence-corrected chi connectivity index (χ2v) is 4.97. The summed E-state index contributed by atoms with van der Waals surface area (Å²) in [6.45, 7) is 2.77. The average molecular weight is 256 g/mol. The van der Waals surface area contributed by atoms with Crippen LogP contribution in [0.3, 0.4) is 0 Å². The number of rotatable bonds is 7. The molecule has 0 unspecified atom stereocenters. The lowest BCUT2D eigenvalue weighted by Crippen LogP contribution is -2.16. The summed E-state index contributed by atoms with van der Waals surface area (Å²) in [5.41, 5.74) is 9.61. The Morgan fingerprint density at radius 2 is 2.00 bits per heavy atom. The van der Waals surface area contributed by atoms with E-state index in [1.165, 1.54) is 23.1 Å². The number of unbranched alkanes of at least 4 members (excludes halogenated alkanes) is 1. The van der Waals surface area contributed by atoms with Gasteiger partial charge in [-0.3, -0.25) is 0 Å². The summed E-state index contributed by atoms with van der Waals surface area (Å²) in [4.78, 5) is 0. The highest BCUT2D eigenvalue weighted by Crippen LogP contribution is 2.24. The van der Waals surface area contributed by atoms with Gasteiger partial charge < -0.3 is 11.1 Å². The number of allylic oxidation sites excluding steroid dienone is 4. The zero-order valence-corrected chi connectivity index (χ0v) is 11.6. The Labute approximate surface area is 116 Å². The van der Waals surface area contributed by atoms with Gasteiger partial charge in [-0.2, -0.15) is 0 Å². The second kappa shape index (κ2) is 7.93. The van der Waals surface area contributed by atoms with Crippen molar-refractivity contribution in [2.45, 2.75) is 32.2 Å². The molecule has 0 saturated carbocycles. The molecule has 0 aliphatic heterocycles. The molecule has 2 rings (SSSR count). The van der Waals surface area contributed by atoms with Crippen LogP contribution < -0.4 is 11.1 Å². The highest BCUT2D eigenvalue weighted by Gasteiger charge is 2.06. The highest BCUT2D eigenvalue weighted by molar-refractivity contribution is 5.76. The monoisotopic (exact) mass is 256 g/mol. The highest BCUT2D eigenvalue weighted by atomic mass is 14.8. The van der Waals surface area contributed by atoms with Crippen LogP contribution in [0.2, 0.25) is 0 Å². The number of hydrogen-bond acceptors (Lipinski definition) is 2. The van der Waals surface area contributed by atoms with Crippen molar-refractivity contribution in [1.29, 1.82) is 0 Å². The first-order valence-corrected chi connectivity index (χ1v) is 7.27. The van der Waals surface area contributed by atoms with E-state index in [4.69, 9.17) is 5.73 Å². The summed E-state index contributed by atoms with van der Waals surface area (Å²) < 4.78 is 0. The van der Waals surface area contributed by atoms with Gasteiger partial charge in [0.05, 0.1) is 0 Å². The van der Waals surface area contributed by atoms with E-state index in [9.17, 15) is 0 Å². The molecule has 0 atom stereocenters. The first-order chi connectivity index (χ1) is 9.42. The van der Waals surface area contributed by atoms with Gasteiger partial charge in [0, 0.05) is 6.54 Å². The van der Waals surface area contributed by atoms with Gasteiger partial charge in [0.2, 0.25) is 0 Å². The molecule has 1 aromatic carbocycles. The van der Waals surface area contributed by atoms with Crippen LogP contribution in [0.1, 0.15) is 36.8 Å². The van der Waals surface area contributed by atoms with Gasteiger partial charge in [0.25, 0.3) is 0 Å². The van der Waals surface area contributed by atoms with Crippen LogP contribution in [0.4, 0.5) is 0 Å². The number of hydrogen-bond donors (Lipinski definition) is 2. The molecule has 0 aromatic heterocycles. The first kappa shape index (κ1) is 14.0. The van der Waals surface area contributed by atoms with Crippen LogP contribution in [-0.4, -0.2) is 13.1 Å². The largest absolute Gasteiger partial charge is 0.330 e. The summed E-state index contributed by atoms with van der Waals surface area (Å²) in [5, 5.41) is 3.51. The van der Waals surface area contributed by atoms with Crippen LogP contribution >= 0.6 is 0 Å². The zero-order valence-electron chi connectivity index (χ0n) is 11.6. The van der Waals surface area contributed by atoms with Crippen molar-refractivity contribution in [3.05, 3.63) is 53.6 Å². The molecule has 0 saturated heterocycles. The lowest BCUT2D eigenvalue weighted by Gasteiger charge is -2.13. The van der Waals surface area contributed by atoms with Gasteiger partial charge in [-0.1, -0.05) is 42.5 Å². The molecule has 1 aliphatic rings. The molecule has 1 aliphatic carbocycles. The van der Waals surface area contributed by atoms with Crippen molar-refractivity contribution < 1.29 is 0 Å². The van der Waals surface area contributed by atoms with Crippen molar-refractivity contribution in [2.24, 2.45) is 5.73 Å². The van der Waals surface area contributed by atoms with Gasteiger partial charge in [-0.15, -0.1) is 0 Å². The number of benzene rings is 1. The molecule has 0 spiro atoms. The van der Waals surface area contributed by atoms with Gasteiger partial charge in [-0.05, 0) is 55.5 Å². The topological polar surface area (TPSA) is 38.0 Å². The van der Waals surface area contributed by atoms with Gasteiger partial charge in [0.15, 0.2) is 0 Å². The van der Waals surface area contributed by atoms with E-state index in [2.05, 4.69) is 47.8 Å². The Bertz CT molecular complexity index is 446. The third kappa shape index (κ3) is 4.34. The molecule has 0 fully saturated rings. The van der Waals surface area contributed by atoms with E-state index in [1.54, 1.807) is 0 Å². The minimum atomic E-state index is 0.788. The van der Waals surface area contributed by atoms with Crippen LogP contribution in [0.15, 0.2) is 42.5 Å². The molecule has 19 heavy (non-hydrogen) atoms. The van der Waals surface area contributed by atoms with Crippen molar-refractivity contribution in [1.82, 2.24) is 5.32 Å². The molecule has 2 heteroatoms. The third-order valence-electron chi connectivity index (χ3n) is 3.45. The summed E-state index contributed by atoms with van der Waals surface area (Å²) in [6.07, 6.45) is 11.4. The molecule has 3 N–H and O–H groups in total. The predicted molar refractivity (Wildman–Crippen MR) is 82.8 cm³/mol. The van der Waals surface area contributed by atoms with Crippen molar-refractivity contribution in [3.63, 3.8) is 0 Å². The smallest absolute Gasteiger partial charge is 0.0211 e. The predicted octanol–water partition coefficient (Wildman–Crippen LogP) is 3.25. The Morgan fingerprint density at radius 1 is 1.11 bits per heavy atom. The fourth-order valence-electron chi connectivity index (χ4n) is 2.39. The molecular formula is C17H24N2. The van der Waals surface area contributed by atoms with E-state index in [1.807, 2.05) is 0 Å². The number of nitrogens with one attached hydrogen (secondary N) is 1. The molecule has 0 amide bonds. The lowest BCUT2D eigenvalue weighted by atomic mass is 9.95. The Hall–Kier alpha value is -1.38. The molecule has 2 nitrogen and oxygen atoms in total. The molecule has 0 heterocycles. The fraction of sp³-hybridized carbons (Fsp3) is 0.412. The summed E-state index contributed by atoms with van der Waals surface area (Å²) in [5.74, 6) is 0. The van der Waals surface area contributed by atoms with E-state index in [0.717, 1.165) is 38.9 Å². The second-order valence-electron chi connectivity index (χ2n) is 4.97. The van der Waals surface area contributed by atoms with Crippen LogP contribution in [-0.2, 0) is 6.54 Å². The maximum absolute atomic E-state index is 5.50. The summed E-state index contributed by atoms with van der Waals surface area (Å²) in [7, 11) is 0. The first-order valence-electron chi connectivity index (χ1n) is 7.27. The summed E-state index contributed by atoms with van der Waals surface area (Å²) >= 11 is 0. The lowest BCUT2D eigenvalue weighted by molar-refractivity contribution is 0.627. The fourth-order valence-corrected chi connectivity index (χ4v) is 2.39. The Balaban J connectivity index is 1.96. The Kier molecular flexibility index (Phi) is 5.86. The minimum Gasteiger partial charge on any atom is -0.330 e. The van der Waals surface area contributed by atoms with E-state index in [0.29, 0.717) is 0 Å². The van der Waals surface area contributed by atoms with Gasteiger partial charge in [-0.25, -0.2) is 0 Å². The van der Waals surface area contributed by atoms with E-state index in [-0.39, 0.29) is 0 Å². The third-order valence-corrected chi connectivity index (χ3v) is 3.45. The van der Waals surface area contributed by atoms with Crippen molar-refractivity contribution in [2.75, 3.05) is 13.1 Å². The standard InChI is InChI=1S/C17H24N2/c18-12-6-7-13-19-14-16-10-4-5-11-17(16)15-8-2-1-3-9-15/h2,4-5,8-11,19H,1,3,6-7,12-14,18H2. The molecule has 0 bridgehead atoms. The van der Waals surface area contributed by atoms with Gasteiger partial charge in [0.1, 0.15) is 0 Å².